The quantitative estimate of drug-likeness (QED) is 0.598. The SMILES string of the molecule is Nc1ccncc1.O=C(OCCN1CCCCCC1)C(c1ccsc1)C1CCCCC1. The number of likely N-dealkylation sites (tertiary alicyclic amines) is 1. The van der Waals surface area contributed by atoms with Gasteiger partial charge in [-0.05, 0) is 79.2 Å². The molecular formula is C25H37N3O2S. The third-order valence-electron chi connectivity index (χ3n) is 6.33. The lowest BCUT2D eigenvalue weighted by Crippen LogP contribution is -2.31. The molecule has 1 aliphatic carbocycles. The van der Waals surface area contributed by atoms with Crippen molar-refractivity contribution in [1.82, 2.24) is 9.88 Å². The van der Waals surface area contributed by atoms with Crippen molar-refractivity contribution in [3.63, 3.8) is 0 Å². The van der Waals surface area contributed by atoms with E-state index in [0.717, 1.165) is 25.3 Å². The van der Waals surface area contributed by atoms with Crippen LogP contribution in [0.1, 0.15) is 69.3 Å². The highest BCUT2D eigenvalue weighted by Gasteiger charge is 2.32. The summed E-state index contributed by atoms with van der Waals surface area (Å²) in [6.45, 7) is 3.77. The second-order valence-corrected chi connectivity index (χ2v) is 9.42. The Morgan fingerprint density at radius 1 is 1.06 bits per heavy atom. The zero-order valence-electron chi connectivity index (χ0n) is 18.6. The number of esters is 1. The van der Waals surface area contributed by atoms with Crippen molar-refractivity contribution in [2.75, 3.05) is 32.0 Å². The Labute approximate surface area is 191 Å². The van der Waals surface area contributed by atoms with Crippen molar-refractivity contribution in [1.29, 1.82) is 0 Å². The van der Waals surface area contributed by atoms with Gasteiger partial charge in [-0.25, -0.2) is 0 Å². The average molecular weight is 444 g/mol. The van der Waals surface area contributed by atoms with Crippen LogP contribution in [0, 0.1) is 5.92 Å². The molecule has 2 aromatic heterocycles. The Morgan fingerprint density at radius 3 is 2.32 bits per heavy atom. The Bertz CT molecular complexity index is 724. The van der Waals surface area contributed by atoms with E-state index in [4.69, 9.17) is 10.5 Å². The minimum absolute atomic E-state index is 0.00937. The van der Waals surface area contributed by atoms with Gasteiger partial charge in [-0.1, -0.05) is 32.1 Å². The minimum atomic E-state index is -0.0410. The zero-order valence-corrected chi connectivity index (χ0v) is 19.4. The molecule has 1 saturated heterocycles. The first-order chi connectivity index (χ1) is 15.2. The van der Waals surface area contributed by atoms with Crippen LogP contribution in [-0.2, 0) is 9.53 Å². The molecule has 2 N–H and O–H groups in total. The molecule has 5 nitrogen and oxygen atoms in total. The molecule has 1 saturated carbocycles. The number of thiophene rings is 1. The van der Waals surface area contributed by atoms with E-state index in [-0.39, 0.29) is 11.9 Å². The van der Waals surface area contributed by atoms with Crippen molar-refractivity contribution in [2.45, 2.75) is 63.7 Å². The summed E-state index contributed by atoms with van der Waals surface area (Å²) < 4.78 is 5.75. The van der Waals surface area contributed by atoms with Gasteiger partial charge in [0.25, 0.3) is 0 Å². The maximum atomic E-state index is 12.8. The van der Waals surface area contributed by atoms with Gasteiger partial charge in [0.05, 0.1) is 5.92 Å². The van der Waals surface area contributed by atoms with Gasteiger partial charge in [-0.3, -0.25) is 14.7 Å². The summed E-state index contributed by atoms with van der Waals surface area (Å²) in [5, 5.41) is 4.21. The number of hydrogen-bond donors (Lipinski definition) is 1. The van der Waals surface area contributed by atoms with E-state index in [0.29, 0.717) is 12.5 Å². The summed E-state index contributed by atoms with van der Waals surface area (Å²) in [4.78, 5) is 19.0. The monoisotopic (exact) mass is 443 g/mol. The van der Waals surface area contributed by atoms with E-state index in [9.17, 15) is 4.79 Å². The van der Waals surface area contributed by atoms with Crippen molar-refractivity contribution < 1.29 is 9.53 Å². The number of carbonyl (C=O) groups is 1. The van der Waals surface area contributed by atoms with Gasteiger partial charge in [-0.2, -0.15) is 11.3 Å². The van der Waals surface area contributed by atoms with Crippen LogP contribution in [0.3, 0.4) is 0 Å². The second kappa shape index (κ2) is 13.5. The number of hydrogen-bond acceptors (Lipinski definition) is 6. The van der Waals surface area contributed by atoms with Crippen LogP contribution in [0.25, 0.3) is 0 Å². The maximum absolute atomic E-state index is 12.8. The number of carbonyl (C=O) groups excluding carboxylic acids is 1. The Morgan fingerprint density at radius 2 is 1.74 bits per heavy atom. The Hall–Kier alpha value is -1.92. The van der Waals surface area contributed by atoms with Crippen LogP contribution in [0.2, 0.25) is 0 Å². The predicted molar refractivity (Wildman–Crippen MR) is 128 cm³/mol. The maximum Gasteiger partial charge on any atom is 0.313 e. The Kier molecular flexibility index (Phi) is 10.3. The van der Waals surface area contributed by atoms with Gasteiger partial charge in [0, 0.05) is 24.6 Å². The lowest BCUT2D eigenvalue weighted by molar-refractivity contribution is -0.147. The van der Waals surface area contributed by atoms with Gasteiger partial charge in [0.2, 0.25) is 0 Å². The van der Waals surface area contributed by atoms with Crippen LogP contribution in [-0.4, -0.2) is 42.1 Å². The fraction of sp³-hybridized carbons (Fsp3) is 0.600. The smallest absolute Gasteiger partial charge is 0.313 e. The lowest BCUT2D eigenvalue weighted by atomic mass is 9.77. The van der Waals surface area contributed by atoms with E-state index < -0.39 is 0 Å². The number of nitrogens with zero attached hydrogens (tertiary/aromatic N) is 2. The molecule has 0 amide bonds. The van der Waals surface area contributed by atoms with Crippen molar-refractivity contribution in [3.8, 4) is 0 Å². The first kappa shape index (κ1) is 23.7. The number of aromatic nitrogens is 1. The molecule has 1 aliphatic heterocycles. The first-order valence-corrected chi connectivity index (χ1v) is 12.7. The van der Waals surface area contributed by atoms with E-state index >= 15 is 0 Å². The standard InChI is InChI=1S/C20H31NO2S.C5H6N2/c22-20(23-14-13-21-11-6-1-2-7-12-21)19(18-10-15-24-16-18)17-8-4-3-5-9-17;6-5-1-3-7-4-2-5/h10,15-17,19H,1-9,11-14H2;1-4H,(H2,6,7). The highest BCUT2D eigenvalue weighted by atomic mass is 32.1. The molecule has 0 spiro atoms. The molecular weight excluding hydrogens is 406 g/mol. The van der Waals surface area contributed by atoms with Crippen molar-refractivity contribution in [2.24, 2.45) is 5.92 Å². The number of pyridine rings is 1. The molecule has 0 aromatic carbocycles. The third kappa shape index (κ3) is 8.26. The molecule has 4 rings (SSSR count). The van der Waals surface area contributed by atoms with Crippen LogP contribution < -0.4 is 5.73 Å². The van der Waals surface area contributed by atoms with Crippen molar-refractivity contribution >= 4 is 23.0 Å². The van der Waals surface area contributed by atoms with E-state index in [1.54, 1.807) is 35.9 Å². The zero-order chi connectivity index (χ0) is 21.7. The molecule has 31 heavy (non-hydrogen) atoms. The normalized spacial score (nSPS) is 19.0. The van der Waals surface area contributed by atoms with Crippen LogP contribution in [0.4, 0.5) is 5.69 Å². The summed E-state index contributed by atoms with van der Waals surface area (Å²) in [6.07, 6.45) is 14.8. The largest absolute Gasteiger partial charge is 0.464 e. The minimum Gasteiger partial charge on any atom is -0.464 e. The molecule has 170 valence electrons. The third-order valence-corrected chi connectivity index (χ3v) is 7.04. The van der Waals surface area contributed by atoms with Gasteiger partial charge < -0.3 is 10.5 Å². The second-order valence-electron chi connectivity index (χ2n) is 8.64. The fourth-order valence-electron chi connectivity index (χ4n) is 4.61. The van der Waals surface area contributed by atoms with Gasteiger partial charge in [0.1, 0.15) is 6.61 Å². The number of nitrogens with two attached hydrogens (primary N) is 1. The average Bonchev–Trinajstić information content (AvgIpc) is 3.19. The van der Waals surface area contributed by atoms with Gasteiger partial charge in [0.15, 0.2) is 0 Å². The fourth-order valence-corrected chi connectivity index (χ4v) is 5.31. The number of nitrogen functional groups attached to an aromatic ring is 1. The van der Waals surface area contributed by atoms with E-state index in [1.165, 1.54) is 63.4 Å². The molecule has 1 unspecified atom stereocenters. The first-order valence-electron chi connectivity index (χ1n) is 11.8. The topological polar surface area (TPSA) is 68.4 Å². The number of rotatable bonds is 6. The number of anilines is 1. The van der Waals surface area contributed by atoms with Crippen LogP contribution in [0.5, 0.6) is 0 Å². The molecule has 0 radical (unpaired) electrons. The van der Waals surface area contributed by atoms with E-state index in [2.05, 4.69) is 26.7 Å². The summed E-state index contributed by atoms with van der Waals surface area (Å²) in [5.41, 5.74) is 7.25. The molecule has 2 aliphatic rings. The summed E-state index contributed by atoms with van der Waals surface area (Å²) in [6, 6.07) is 5.61. The summed E-state index contributed by atoms with van der Waals surface area (Å²) >= 11 is 1.68. The summed E-state index contributed by atoms with van der Waals surface area (Å²) in [5.74, 6) is 0.440. The Balaban J connectivity index is 0.000000330. The van der Waals surface area contributed by atoms with Crippen molar-refractivity contribution in [3.05, 3.63) is 46.9 Å². The van der Waals surface area contributed by atoms with Gasteiger partial charge in [-0.15, -0.1) is 0 Å². The van der Waals surface area contributed by atoms with Gasteiger partial charge >= 0.3 is 5.97 Å². The van der Waals surface area contributed by atoms with E-state index in [1.807, 2.05) is 0 Å². The highest BCUT2D eigenvalue weighted by molar-refractivity contribution is 7.08. The summed E-state index contributed by atoms with van der Waals surface area (Å²) in [7, 11) is 0. The predicted octanol–water partition coefficient (Wildman–Crippen LogP) is 5.50. The highest BCUT2D eigenvalue weighted by Crippen LogP contribution is 2.37. The van der Waals surface area contributed by atoms with Crippen LogP contribution in [0.15, 0.2) is 41.4 Å². The molecule has 2 aromatic rings. The molecule has 6 heteroatoms. The molecule has 2 fully saturated rings. The van der Waals surface area contributed by atoms with Crippen LogP contribution >= 0.6 is 11.3 Å². The lowest BCUT2D eigenvalue weighted by Gasteiger charge is -2.29. The molecule has 3 heterocycles. The molecule has 1 atom stereocenters. The molecule has 0 bridgehead atoms. The number of ether oxygens (including phenoxy) is 1.